The summed E-state index contributed by atoms with van der Waals surface area (Å²) in [5, 5.41) is 19.8. The highest BCUT2D eigenvalue weighted by Crippen LogP contribution is 2.29. The third-order valence-electron chi connectivity index (χ3n) is 3.90. The quantitative estimate of drug-likeness (QED) is 0.735. The molecule has 1 atom stereocenters. The van der Waals surface area contributed by atoms with Crippen LogP contribution in [0.4, 0.5) is 4.79 Å². The number of nitrogens with zero attached hydrogens (tertiary/aromatic N) is 2. The first-order valence-corrected chi connectivity index (χ1v) is 8.14. The summed E-state index contributed by atoms with van der Waals surface area (Å²) in [6.07, 6.45) is -0.455. The molecule has 1 aromatic rings. The van der Waals surface area contributed by atoms with Crippen LogP contribution < -0.4 is 5.73 Å². The second-order valence-electron chi connectivity index (χ2n) is 6.99. The zero-order chi connectivity index (χ0) is 18.8. The predicted octanol–water partition coefficient (Wildman–Crippen LogP) is 1.12. The Morgan fingerprint density at radius 1 is 1.24 bits per heavy atom. The van der Waals surface area contributed by atoms with Crippen LogP contribution in [0.25, 0.3) is 0 Å². The van der Waals surface area contributed by atoms with Crippen molar-refractivity contribution >= 4 is 12.0 Å². The first kappa shape index (κ1) is 18.9. The van der Waals surface area contributed by atoms with Gasteiger partial charge in [-0.1, -0.05) is 6.07 Å². The Morgan fingerprint density at radius 2 is 1.84 bits per heavy atom. The summed E-state index contributed by atoms with van der Waals surface area (Å²) >= 11 is 0. The number of piperazine rings is 1. The van der Waals surface area contributed by atoms with Gasteiger partial charge in [0.25, 0.3) is 5.91 Å². The lowest BCUT2D eigenvalue weighted by molar-refractivity contribution is 0.00513. The number of rotatable bonds is 2. The number of hydrogen-bond donors (Lipinski definition) is 3. The third-order valence-corrected chi connectivity index (χ3v) is 3.90. The minimum atomic E-state index is -0.607. The Kier molecular flexibility index (Phi) is 5.42. The molecular weight excluding hydrogens is 326 g/mol. The first-order valence-electron chi connectivity index (χ1n) is 8.14. The Morgan fingerprint density at radius 3 is 2.36 bits per heavy atom. The van der Waals surface area contributed by atoms with Gasteiger partial charge in [-0.05, 0) is 32.9 Å². The van der Waals surface area contributed by atoms with Gasteiger partial charge in [-0.2, -0.15) is 0 Å². The van der Waals surface area contributed by atoms with Crippen LogP contribution in [-0.4, -0.2) is 69.8 Å². The fourth-order valence-electron chi connectivity index (χ4n) is 2.71. The Bertz CT molecular complexity index is 636. The van der Waals surface area contributed by atoms with Crippen LogP contribution in [0.5, 0.6) is 11.5 Å². The number of nitrogens with two attached hydrogens (primary N) is 1. The molecule has 0 saturated carbocycles. The van der Waals surface area contributed by atoms with E-state index in [1.54, 1.807) is 20.8 Å². The summed E-state index contributed by atoms with van der Waals surface area (Å²) in [7, 11) is 0. The molecule has 8 heteroatoms. The van der Waals surface area contributed by atoms with Gasteiger partial charge in [-0.15, -0.1) is 0 Å². The van der Waals surface area contributed by atoms with Gasteiger partial charge in [0.15, 0.2) is 0 Å². The van der Waals surface area contributed by atoms with Crippen LogP contribution in [0, 0.1) is 0 Å². The second-order valence-corrected chi connectivity index (χ2v) is 6.99. The number of benzene rings is 1. The van der Waals surface area contributed by atoms with Crippen molar-refractivity contribution in [3.05, 3.63) is 23.8 Å². The number of ether oxygens (including phenoxy) is 1. The summed E-state index contributed by atoms with van der Waals surface area (Å²) in [6, 6.07) is 3.68. The van der Waals surface area contributed by atoms with Crippen LogP contribution in [0.1, 0.15) is 31.1 Å². The SMILES string of the molecule is CC(C)(C)OC(=O)N1CCN(C(=O)c2c(O)cccc2O)C(CN)C1. The van der Waals surface area contributed by atoms with Gasteiger partial charge in [0.2, 0.25) is 0 Å². The van der Waals surface area contributed by atoms with Gasteiger partial charge in [-0.3, -0.25) is 4.79 Å². The lowest BCUT2D eigenvalue weighted by Gasteiger charge is -2.41. The molecule has 0 radical (unpaired) electrons. The van der Waals surface area contributed by atoms with Crippen molar-refractivity contribution in [2.24, 2.45) is 5.73 Å². The van der Waals surface area contributed by atoms with E-state index in [1.165, 1.54) is 28.0 Å². The molecule has 1 aromatic carbocycles. The molecular formula is C17H25N3O5. The van der Waals surface area contributed by atoms with E-state index in [1.807, 2.05) is 0 Å². The van der Waals surface area contributed by atoms with Crippen LogP contribution in [0.15, 0.2) is 18.2 Å². The van der Waals surface area contributed by atoms with E-state index in [4.69, 9.17) is 10.5 Å². The summed E-state index contributed by atoms with van der Waals surface area (Å²) in [5.41, 5.74) is 5.01. The normalized spacial score (nSPS) is 18.2. The molecule has 4 N–H and O–H groups in total. The number of amides is 2. The van der Waals surface area contributed by atoms with Gasteiger partial charge in [0.05, 0.1) is 6.04 Å². The van der Waals surface area contributed by atoms with Gasteiger partial charge in [-0.25, -0.2) is 4.79 Å². The Labute approximate surface area is 146 Å². The number of carbonyl (C=O) groups excluding carboxylic acids is 2. The highest BCUT2D eigenvalue weighted by molar-refractivity contribution is 5.99. The van der Waals surface area contributed by atoms with Crippen LogP contribution in [0.2, 0.25) is 0 Å². The molecule has 1 saturated heterocycles. The molecule has 138 valence electrons. The van der Waals surface area contributed by atoms with Crippen molar-refractivity contribution in [3.8, 4) is 11.5 Å². The molecule has 1 aliphatic heterocycles. The number of carbonyl (C=O) groups is 2. The largest absolute Gasteiger partial charge is 0.507 e. The highest BCUT2D eigenvalue weighted by atomic mass is 16.6. The molecule has 2 rings (SSSR count). The van der Waals surface area contributed by atoms with Crippen molar-refractivity contribution in [2.75, 3.05) is 26.2 Å². The third kappa shape index (κ3) is 4.33. The molecule has 8 nitrogen and oxygen atoms in total. The first-order chi connectivity index (χ1) is 11.6. The number of phenolic OH excluding ortho intramolecular Hbond substituents is 2. The summed E-state index contributed by atoms with van der Waals surface area (Å²) in [5.74, 6) is -1.11. The maximum Gasteiger partial charge on any atom is 0.410 e. The summed E-state index contributed by atoms with van der Waals surface area (Å²) in [4.78, 5) is 27.9. The Balaban J connectivity index is 2.15. The molecule has 0 bridgehead atoms. The second kappa shape index (κ2) is 7.18. The van der Waals surface area contributed by atoms with Crippen molar-refractivity contribution in [1.82, 2.24) is 9.80 Å². The van der Waals surface area contributed by atoms with Crippen molar-refractivity contribution in [1.29, 1.82) is 0 Å². The maximum absolute atomic E-state index is 12.7. The minimum absolute atomic E-state index is 0.138. The zero-order valence-corrected chi connectivity index (χ0v) is 14.7. The maximum atomic E-state index is 12.7. The van der Waals surface area contributed by atoms with E-state index >= 15 is 0 Å². The van der Waals surface area contributed by atoms with E-state index in [-0.39, 0.29) is 43.2 Å². The molecule has 2 amide bonds. The molecule has 1 fully saturated rings. The molecule has 25 heavy (non-hydrogen) atoms. The van der Waals surface area contributed by atoms with Gasteiger partial charge in [0.1, 0.15) is 22.7 Å². The minimum Gasteiger partial charge on any atom is -0.507 e. The zero-order valence-electron chi connectivity index (χ0n) is 14.7. The molecule has 0 aromatic heterocycles. The van der Waals surface area contributed by atoms with E-state index < -0.39 is 23.6 Å². The van der Waals surface area contributed by atoms with Crippen molar-refractivity contribution in [2.45, 2.75) is 32.4 Å². The fraction of sp³-hybridized carbons (Fsp3) is 0.529. The standard InChI is InChI=1S/C17H25N3O5/c1-17(2,3)25-16(24)19-7-8-20(11(9-18)10-19)15(23)14-12(21)5-4-6-13(14)22/h4-6,11,21-22H,7-10,18H2,1-3H3. The molecule has 0 aliphatic carbocycles. The fourth-order valence-corrected chi connectivity index (χ4v) is 2.71. The molecule has 1 aliphatic rings. The summed E-state index contributed by atoms with van der Waals surface area (Å²) < 4.78 is 5.35. The highest BCUT2D eigenvalue weighted by Gasteiger charge is 2.35. The average Bonchev–Trinajstić information content (AvgIpc) is 2.52. The van der Waals surface area contributed by atoms with Gasteiger partial charge in [0, 0.05) is 26.2 Å². The number of phenols is 2. The van der Waals surface area contributed by atoms with Crippen molar-refractivity contribution < 1.29 is 24.5 Å². The lowest BCUT2D eigenvalue weighted by atomic mass is 10.1. The van der Waals surface area contributed by atoms with E-state index in [9.17, 15) is 19.8 Å². The molecule has 1 heterocycles. The van der Waals surface area contributed by atoms with Crippen LogP contribution >= 0.6 is 0 Å². The van der Waals surface area contributed by atoms with Crippen molar-refractivity contribution in [3.63, 3.8) is 0 Å². The van der Waals surface area contributed by atoms with E-state index in [2.05, 4.69) is 0 Å². The summed E-state index contributed by atoms with van der Waals surface area (Å²) in [6.45, 7) is 6.23. The number of hydrogen-bond acceptors (Lipinski definition) is 6. The monoisotopic (exact) mass is 351 g/mol. The van der Waals surface area contributed by atoms with Gasteiger partial charge >= 0.3 is 6.09 Å². The lowest BCUT2D eigenvalue weighted by Crippen LogP contribution is -2.59. The smallest absolute Gasteiger partial charge is 0.410 e. The van der Waals surface area contributed by atoms with Crippen LogP contribution in [0.3, 0.4) is 0 Å². The molecule has 1 unspecified atom stereocenters. The number of aromatic hydroxyl groups is 2. The average molecular weight is 351 g/mol. The van der Waals surface area contributed by atoms with Gasteiger partial charge < -0.3 is 30.5 Å². The predicted molar refractivity (Wildman–Crippen MR) is 91.5 cm³/mol. The van der Waals surface area contributed by atoms with Crippen LogP contribution in [-0.2, 0) is 4.74 Å². The molecule has 0 spiro atoms. The van der Waals surface area contributed by atoms with E-state index in [0.29, 0.717) is 0 Å². The Hall–Kier alpha value is -2.48. The van der Waals surface area contributed by atoms with E-state index in [0.717, 1.165) is 0 Å². The topological polar surface area (TPSA) is 116 Å².